The van der Waals surface area contributed by atoms with Crippen molar-refractivity contribution in [1.29, 1.82) is 0 Å². The standard InChI is InChI=1S/C26H27F2N5O/c1-5-26(17-8-6-7-15(12-17)16-9-10-29-14(2)11-16)19-18(13-25(3,4)31-24(19)34)30-23-20(26)21(22(27)28)32-33-23/h6-12,22-23,30H,5,13H2,1-4H3,(H,31,34). The lowest BCUT2D eigenvalue weighted by Crippen LogP contribution is -2.58. The van der Waals surface area contributed by atoms with E-state index in [2.05, 4.69) is 25.8 Å². The zero-order valence-electron chi connectivity index (χ0n) is 19.6. The number of fused-ring (bicyclic) bond motifs is 1. The summed E-state index contributed by atoms with van der Waals surface area (Å²) in [5.74, 6) is -0.253. The molecule has 34 heavy (non-hydrogen) atoms. The van der Waals surface area contributed by atoms with Gasteiger partial charge in [-0.3, -0.25) is 9.78 Å². The molecule has 1 aromatic heterocycles. The molecule has 5 rings (SSSR count). The van der Waals surface area contributed by atoms with Crippen molar-refractivity contribution in [3.63, 3.8) is 0 Å². The fourth-order valence-electron chi connectivity index (χ4n) is 5.60. The van der Waals surface area contributed by atoms with Gasteiger partial charge in [0, 0.05) is 35.1 Å². The normalized spacial score (nSPS) is 25.3. The molecule has 1 aromatic carbocycles. The van der Waals surface area contributed by atoms with Gasteiger partial charge in [-0.25, -0.2) is 8.78 Å². The summed E-state index contributed by atoms with van der Waals surface area (Å²) in [5, 5.41) is 14.4. The Kier molecular flexibility index (Phi) is 5.15. The van der Waals surface area contributed by atoms with E-state index in [4.69, 9.17) is 0 Å². The minimum atomic E-state index is -2.80. The number of hydrogen-bond donors (Lipinski definition) is 2. The van der Waals surface area contributed by atoms with Crippen molar-refractivity contribution in [2.75, 3.05) is 0 Å². The Morgan fingerprint density at radius 1 is 1.18 bits per heavy atom. The minimum absolute atomic E-state index is 0.253. The van der Waals surface area contributed by atoms with Crippen LogP contribution in [0.1, 0.15) is 44.9 Å². The molecule has 2 unspecified atom stereocenters. The number of aromatic nitrogens is 1. The van der Waals surface area contributed by atoms with Gasteiger partial charge in [0.15, 0.2) is 6.17 Å². The number of benzene rings is 1. The summed E-state index contributed by atoms with van der Waals surface area (Å²) in [4.78, 5) is 17.8. The molecule has 0 saturated carbocycles. The molecule has 6 nitrogen and oxygen atoms in total. The molecule has 0 radical (unpaired) electrons. The maximum Gasteiger partial charge on any atom is 0.282 e. The number of hydrogen-bond acceptors (Lipinski definition) is 5. The van der Waals surface area contributed by atoms with Crippen LogP contribution < -0.4 is 10.6 Å². The summed E-state index contributed by atoms with van der Waals surface area (Å²) in [7, 11) is 0. The van der Waals surface area contributed by atoms with E-state index >= 15 is 0 Å². The number of azo groups is 1. The Morgan fingerprint density at radius 3 is 2.65 bits per heavy atom. The molecule has 0 aliphatic carbocycles. The minimum Gasteiger partial charge on any atom is -0.362 e. The summed E-state index contributed by atoms with van der Waals surface area (Å²) < 4.78 is 28.4. The van der Waals surface area contributed by atoms with Crippen LogP contribution in [0.25, 0.3) is 11.1 Å². The Hall–Kier alpha value is -3.42. The molecule has 2 aromatic rings. The van der Waals surface area contributed by atoms with Crippen LogP contribution in [0.15, 0.2) is 75.4 Å². The Labute approximate surface area is 197 Å². The average Bonchev–Trinajstić information content (AvgIpc) is 3.21. The first kappa shape index (κ1) is 22.4. The molecule has 3 aliphatic rings. The predicted molar refractivity (Wildman–Crippen MR) is 125 cm³/mol. The fourth-order valence-corrected chi connectivity index (χ4v) is 5.60. The zero-order valence-corrected chi connectivity index (χ0v) is 19.6. The number of alkyl halides is 2. The van der Waals surface area contributed by atoms with Crippen molar-refractivity contribution < 1.29 is 13.6 Å². The molecule has 1 amide bonds. The maximum atomic E-state index is 14.2. The number of halogens is 2. The van der Waals surface area contributed by atoms with Gasteiger partial charge in [0.25, 0.3) is 12.3 Å². The summed E-state index contributed by atoms with van der Waals surface area (Å²) in [5.41, 5.74) is 3.23. The van der Waals surface area contributed by atoms with Crippen LogP contribution in [0.2, 0.25) is 0 Å². The highest BCUT2D eigenvalue weighted by atomic mass is 19.3. The van der Waals surface area contributed by atoms with E-state index in [-0.39, 0.29) is 11.6 Å². The molecule has 4 heterocycles. The van der Waals surface area contributed by atoms with E-state index in [1.165, 1.54) is 0 Å². The van der Waals surface area contributed by atoms with Gasteiger partial charge in [-0.15, -0.1) is 0 Å². The molecular formula is C26H27F2N5O. The predicted octanol–water partition coefficient (Wildman–Crippen LogP) is 5.17. The SMILES string of the molecule is CCC1(c2cccc(-c3ccnc(C)c3)c2)C2=C(CC(C)(C)NC2=O)NC2N=NC(C(F)F)=C21. The van der Waals surface area contributed by atoms with E-state index in [9.17, 15) is 13.6 Å². The second kappa shape index (κ2) is 7.82. The smallest absolute Gasteiger partial charge is 0.282 e. The molecule has 3 aliphatic heterocycles. The topological polar surface area (TPSA) is 78.7 Å². The van der Waals surface area contributed by atoms with Crippen LogP contribution in [0, 0.1) is 6.92 Å². The van der Waals surface area contributed by atoms with Crippen molar-refractivity contribution >= 4 is 5.91 Å². The summed E-state index contributed by atoms with van der Waals surface area (Å²) in [6, 6.07) is 11.7. The summed E-state index contributed by atoms with van der Waals surface area (Å²) in [6.07, 6.45) is -0.823. The number of pyridine rings is 1. The van der Waals surface area contributed by atoms with Crippen LogP contribution in [0.3, 0.4) is 0 Å². The third kappa shape index (κ3) is 3.35. The third-order valence-corrected chi connectivity index (χ3v) is 6.95. The molecule has 2 atom stereocenters. The zero-order chi connectivity index (χ0) is 24.3. The lowest BCUT2D eigenvalue weighted by molar-refractivity contribution is -0.120. The molecule has 0 fully saturated rings. The van der Waals surface area contributed by atoms with E-state index in [1.807, 2.05) is 64.1 Å². The van der Waals surface area contributed by atoms with Gasteiger partial charge in [-0.05, 0) is 62.1 Å². The fraction of sp³-hybridized carbons (Fsp3) is 0.385. The van der Waals surface area contributed by atoms with E-state index in [1.54, 1.807) is 6.20 Å². The van der Waals surface area contributed by atoms with Crippen molar-refractivity contribution in [3.05, 3.63) is 76.4 Å². The second-order valence-corrected chi connectivity index (χ2v) is 9.76. The molecule has 0 spiro atoms. The van der Waals surface area contributed by atoms with Crippen LogP contribution >= 0.6 is 0 Å². The number of rotatable bonds is 4. The van der Waals surface area contributed by atoms with Gasteiger partial charge in [-0.1, -0.05) is 25.1 Å². The monoisotopic (exact) mass is 463 g/mol. The molecular weight excluding hydrogens is 436 g/mol. The lowest BCUT2D eigenvalue weighted by atomic mass is 9.61. The largest absolute Gasteiger partial charge is 0.362 e. The average molecular weight is 464 g/mol. The maximum absolute atomic E-state index is 14.2. The molecule has 2 N–H and O–H groups in total. The van der Waals surface area contributed by atoms with Crippen LogP contribution in [0.5, 0.6) is 0 Å². The molecule has 0 bridgehead atoms. The Balaban J connectivity index is 1.80. The number of allylic oxidation sites excluding steroid dienone is 1. The van der Waals surface area contributed by atoms with Crippen molar-refractivity contribution in [2.24, 2.45) is 10.2 Å². The van der Waals surface area contributed by atoms with Crippen molar-refractivity contribution in [3.8, 4) is 11.1 Å². The van der Waals surface area contributed by atoms with E-state index in [0.29, 0.717) is 24.0 Å². The Morgan fingerprint density at radius 2 is 1.94 bits per heavy atom. The van der Waals surface area contributed by atoms with Gasteiger partial charge in [0.1, 0.15) is 5.70 Å². The van der Waals surface area contributed by atoms with E-state index < -0.39 is 23.5 Å². The lowest BCUT2D eigenvalue weighted by Gasteiger charge is -2.48. The number of aryl methyl sites for hydroxylation is 1. The highest BCUT2D eigenvalue weighted by molar-refractivity contribution is 6.00. The first-order valence-electron chi connectivity index (χ1n) is 11.5. The number of nitrogens with one attached hydrogen (secondary N) is 2. The van der Waals surface area contributed by atoms with Crippen LogP contribution in [0.4, 0.5) is 8.78 Å². The van der Waals surface area contributed by atoms with Crippen molar-refractivity contribution in [1.82, 2.24) is 15.6 Å². The van der Waals surface area contributed by atoms with Crippen LogP contribution in [-0.4, -0.2) is 29.0 Å². The van der Waals surface area contributed by atoms with Gasteiger partial charge in [-0.2, -0.15) is 10.2 Å². The van der Waals surface area contributed by atoms with Crippen LogP contribution in [-0.2, 0) is 10.2 Å². The second-order valence-electron chi connectivity index (χ2n) is 9.76. The number of amides is 1. The molecule has 176 valence electrons. The summed E-state index contributed by atoms with van der Waals surface area (Å²) in [6.45, 7) is 7.74. The number of carbonyl (C=O) groups is 1. The van der Waals surface area contributed by atoms with Gasteiger partial charge in [0.05, 0.1) is 11.0 Å². The van der Waals surface area contributed by atoms with E-state index in [0.717, 1.165) is 28.1 Å². The summed E-state index contributed by atoms with van der Waals surface area (Å²) >= 11 is 0. The highest BCUT2D eigenvalue weighted by Gasteiger charge is 2.55. The van der Waals surface area contributed by atoms with Crippen molar-refractivity contribution in [2.45, 2.75) is 64.1 Å². The quantitative estimate of drug-likeness (QED) is 0.657. The Bertz CT molecular complexity index is 1280. The first-order valence-corrected chi connectivity index (χ1v) is 11.5. The van der Waals surface area contributed by atoms with Gasteiger partial charge in [0.2, 0.25) is 0 Å². The third-order valence-electron chi connectivity index (χ3n) is 6.95. The number of carbonyl (C=O) groups excluding carboxylic acids is 1. The van der Waals surface area contributed by atoms with Gasteiger partial charge >= 0.3 is 0 Å². The number of nitrogens with zero attached hydrogens (tertiary/aromatic N) is 3. The molecule has 8 heteroatoms. The van der Waals surface area contributed by atoms with Gasteiger partial charge < -0.3 is 10.6 Å². The highest BCUT2D eigenvalue weighted by Crippen LogP contribution is 2.53. The molecule has 0 saturated heterocycles. The first-order chi connectivity index (χ1) is 16.2.